The summed E-state index contributed by atoms with van der Waals surface area (Å²) in [6.07, 6.45) is 3.04. The predicted octanol–water partition coefficient (Wildman–Crippen LogP) is 2.35. The monoisotopic (exact) mass is 184 g/mol. The lowest BCUT2D eigenvalue weighted by Crippen LogP contribution is -2.08. The van der Waals surface area contributed by atoms with E-state index in [4.69, 9.17) is 9.84 Å². The molecule has 0 bridgehead atoms. The van der Waals surface area contributed by atoms with Crippen LogP contribution in [0.4, 0.5) is 0 Å². The van der Waals surface area contributed by atoms with Crippen LogP contribution in [0.25, 0.3) is 0 Å². The number of ether oxygens (including phenoxy) is 1. The molecule has 0 atom stereocenters. The van der Waals surface area contributed by atoms with E-state index >= 15 is 0 Å². The first-order chi connectivity index (χ1) is 6.13. The number of carbonyl (C=O) groups excluding carboxylic acids is 1. The van der Waals surface area contributed by atoms with Gasteiger partial charge in [0.2, 0.25) is 0 Å². The summed E-state index contributed by atoms with van der Waals surface area (Å²) in [5.41, 5.74) is 0.200. The van der Waals surface area contributed by atoms with E-state index in [2.05, 4.69) is 6.58 Å². The summed E-state index contributed by atoms with van der Waals surface area (Å²) < 4.78 is 4.86. The maximum Gasteiger partial charge on any atom is 0.337 e. The van der Waals surface area contributed by atoms with Crippen molar-refractivity contribution in [3.05, 3.63) is 24.0 Å². The van der Waals surface area contributed by atoms with E-state index in [1.807, 2.05) is 6.92 Å². The topological polar surface area (TPSA) is 46.5 Å². The van der Waals surface area contributed by atoms with Gasteiger partial charge in [-0.25, -0.2) is 4.79 Å². The molecule has 0 heterocycles. The lowest BCUT2D eigenvalue weighted by molar-refractivity contribution is -0.139. The maximum absolute atomic E-state index is 11.1. The number of esters is 1. The van der Waals surface area contributed by atoms with Crippen molar-refractivity contribution >= 4 is 5.97 Å². The van der Waals surface area contributed by atoms with Crippen LogP contribution in [0.3, 0.4) is 0 Å². The summed E-state index contributed by atoms with van der Waals surface area (Å²) in [7, 11) is 0. The van der Waals surface area contributed by atoms with Crippen LogP contribution in [0.1, 0.15) is 26.7 Å². The van der Waals surface area contributed by atoms with Gasteiger partial charge in [0.15, 0.2) is 0 Å². The Morgan fingerprint density at radius 2 is 2.23 bits per heavy atom. The van der Waals surface area contributed by atoms with Gasteiger partial charge in [-0.15, -0.1) is 0 Å². The Balaban J connectivity index is 4.04. The number of aliphatic hydroxyl groups is 1. The van der Waals surface area contributed by atoms with Crippen LogP contribution in [-0.4, -0.2) is 17.7 Å². The van der Waals surface area contributed by atoms with E-state index in [1.54, 1.807) is 0 Å². The minimum atomic E-state index is -0.481. The molecular formula is C10H16O3. The quantitative estimate of drug-likeness (QED) is 0.234. The number of carbonyl (C=O) groups is 1. The number of aliphatic hydroxyl groups excluding tert-OH is 1. The molecule has 0 amide bonds. The van der Waals surface area contributed by atoms with Crippen molar-refractivity contribution in [2.75, 3.05) is 6.61 Å². The molecule has 0 radical (unpaired) electrons. The average Bonchev–Trinajstić information content (AvgIpc) is 2.15. The fourth-order valence-electron chi connectivity index (χ4n) is 0.675. The van der Waals surface area contributed by atoms with Gasteiger partial charge in [0.25, 0.3) is 0 Å². The van der Waals surface area contributed by atoms with E-state index in [0.717, 1.165) is 12.8 Å². The Hall–Kier alpha value is -1.25. The molecule has 0 rings (SSSR count). The van der Waals surface area contributed by atoms with Crippen molar-refractivity contribution in [2.24, 2.45) is 0 Å². The molecule has 0 aromatic heterocycles. The molecule has 3 heteroatoms. The molecular weight excluding hydrogens is 168 g/mol. The van der Waals surface area contributed by atoms with Crippen molar-refractivity contribution < 1.29 is 14.6 Å². The second-order valence-corrected chi connectivity index (χ2v) is 2.70. The van der Waals surface area contributed by atoms with Gasteiger partial charge in [0, 0.05) is 0 Å². The molecule has 0 saturated carbocycles. The average molecular weight is 184 g/mol. The molecule has 0 aromatic carbocycles. The third-order valence-corrected chi connectivity index (χ3v) is 1.61. The summed E-state index contributed by atoms with van der Waals surface area (Å²) in [5, 5.41) is 9.11. The molecule has 0 aliphatic heterocycles. The maximum atomic E-state index is 11.1. The van der Waals surface area contributed by atoms with Gasteiger partial charge in [0.1, 0.15) is 5.76 Å². The zero-order valence-corrected chi connectivity index (χ0v) is 8.17. The Bertz CT molecular complexity index is 216. The molecule has 0 spiro atoms. The van der Waals surface area contributed by atoms with Crippen molar-refractivity contribution in [2.45, 2.75) is 26.7 Å². The minimum Gasteiger partial charge on any atom is -0.507 e. The first-order valence-electron chi connectivity index (χ1n) is 4.32. The largest absolute Gasteiger partial charge is 0.507 e. The summed E-state index contributed by atoms with van der Waals surface area (Å²) in [6.45, 7) is 7.26. The molecule has 13 heavy (non-hydrogen) atoms. The summed E-state index contributed by atoms with van der Waals surface area (Å²) in [4.78, 5) is 11.1. The van der Waals surface area contributed by atoms with Crippen LogP contribution >= 0.6 is 0 Å². The zero-order chi connectivity index (χ0) is 10.3. The van der Waals surface area contributed by atoms with Gasteiger partial charge >= 0.3 is 5.97 Å². The van der Waals surface area contributed by atoms with E-state index < -0.39 is 5.97 Å². The molecule has 0 aliphatic rings. The minimum absolute atomic E-state index is 0.124. The van der Waals surface area contributed by atoms with Gasteiger partial charge in [-0.05, 0) is 19.4 Å². The summed E-state index contributed by atoms with van der Waals surface area (Å²) in [5.74, 6) is -0.604. The summed E-state index contributed by atoms with van der Waals surface area (Å²) in [6, 6.07) is 0. The van der Waals surface area contributed by atoms with E-state index in [9.17, 15) is 4.79 Å². The van der Waals surface area contributed by atoms with Crippen molar-refractivity contribution in [1.29, 1.82) is 0 Å². The van der Waals surface area contributed by atoms with Gasteiger partial charge < -0.3 is 9.84 Å². The van der Waals surface area contributed by atoms with E-state index in [0.29, 0.717) is 6.61 Å². The van der Waals surface area contributed by atoms with Crippen molar-refractivity contribution in [3.63, 3.8) is 0 Å². The standard InChI is InChI=1S/C10H16O3/c1-4-6-7-13-10(12)8(3)9(11)5-2/h5,11H,2,4,6-7H2,1,3H3/b9-8-. The SMILES string of the molecule is C=C/C(O)=C(\C)C(=O)OCCCC. The molecule has 0 fully saturated rings. The van der Waals surface area contributed by atoms with E-state index in [-0.39, 0.29) is 11.3 Å². The molecule has 0 saturated heterocycles. The third-order valence-electron chi connectivity index (χ3n) is 1.61. The Morgan fingerprint density at radius 1 is 1.62 bits per heavy atom. The van der Waals surface area contributed by atoms with Crippen LogP contribution in [0.2, 0.25) is 0 Å². The molecule has 74 valence electrons. The molecule has 3 nitrogen and oxygen atoms in total. The molecule has 0 aliphatic carbocycles. The highest BCUT2D eigenvalue weighted by Crippen LogP contribution is 2.04. The third kappa shape index (κ3) is 4.35. The van der Waals surface area contributed by atoms with Crippen molar-refractivity contribution in [1.82, 2.24) is 0 Å². The Morgan fingerprint density at radius 3 is 2.69 bits per heavy atom. The molecule has 0 unspecified atom stereocenters. The van der Waals surface area contributed by atoms with Gasteiger partial charge in [0.05, 0.1) is 12.2 Å². The number of allylic oxidation sites excluding steroid dienone is 1. The predicted molar refractivity (Wildman–Crippen MR) is 51.4 cm³/mol. The van der Waals surface area contributed by atoms with E-state index in [1.165, 1.54) is 13.0 Å². The first kappa shape index (κ1) is 11.8. The Kier molecular flexibility index (Phi) is 5.68. The highest BCUT2D eigenvalue weighted by molar-refractivity contribution is 5.88. The lowest BCUT2D eigenvalue weighted by atomic mass is 10.2. The van der Waals surface area contributed by atoms with Crippen LogP contribution in [0.15, 0.2) is 24.0 Å². The number of unbranched alkanes of at least 4 members (excludes halogenated alkanes) is 1. The zero-order valence-electron chi connectivity index (χ0n) is 8.17. The van der Waals surface area contributed by atoms with Crippen LogP contribution in [0.5, 0.6) is 0 Å². The first-order valence-corrected chi connectivity index (χ1v) is 4.32. The second kappa shape index (κ2) is 6.29. The number of rotatable bonds is 5. The fourth-order valence-corrected chi connectivity index (χ4v) is 0.675. The van der Waals surface area contributed by atoms with Gasteiger partial charge in [-0.1, -0.05) is 19.9 Å². The van der Waals surface area contributed by atoms with Gasteiger partial charge in [-0.3, -0.25) is 0 Å². The van der Waals surface area contributed by atoms with Crippen LogP contribution in [-0.2, 0) is 9.53 Å². The van der Waals surface area contributed by atoms with Crippen LogP contribution < -0.4 is 0 Å². The fraction of sp³-hybridized carbons (Fsp3) is 0.500. The summed E-state index contributed by atoms with van der Waals surface area (Å²) >= 11 is 0. The molecule has 1 N–H and O–H groups in total. The second-order valence-electron chi connectivity index (χ2n) is 2.70. The molecule has 0 aromatic rings. The Labute approximate surface area is 78.7 Å². The van der Waals surface area contributed by atoms with Gasteiger partial charge in [-0.2, -0.15) is 0 Å². The highest BCUT2D eigenvalue weighted by Gasteiger charge is 2.08. The number of hydrogen-bond donors (Lipinski definition) is 1. The van der Waals surface area contributed by atoms with Crippen molar-refractivity contribution in [3.8, 4) is 0 Å². The highest BCUT2D eigenvalue weighted by atomic mass is 16.5. The number of hydrogen-bond acceptors (Lipinski definition) is 3. The smallest absolute Gasteiger partial charge is 0.337 e. The normalized spacial score (nSPS) is 11.8. The van der Waals surface area contributed by atoms with Crippen LogP contribution in [0, 0.1) is 0 Å². The lowest BCUT2D eigenvalue weighted by Gasteiger charge is -2.04.